The molecule has 1 aliphatic rings. The Bertz CT molecular complexity index is 419. The van der Waals surface area contributed by atoms with E-state index in [1.54, 1.807) is 7.11 Å². The maximum atomic E-state index is 12.0. The highest BCUT2D eigenvalue weighted by atomic mass is 35.5. The van der Waals surface area contributed by atoms with E-state index in [0.29, 0.717) is 13.2 Å². The molecule has 0 radical (unpaired) electrons. The lowest BCUT2D eigenvalue weighted by atomic mass is 10.1. The molecular formula is C14H21ClN2O3. The van der Waals surface area contributed by atoms with Gasteiger partial charge in [-0.25, -0.2) is 0 Å². The van der Waals surface area contributed by atoms with Crippen LogP contribution in [0.5, 0.6) is 5.75 Å². The van der Waals surface area contributed by atoms with E-state index in [2.05, 4.69) is 10.6 Å². The first-order chi connectivity index (χ1) is 9.20. The third-order valence-electron chi connectivity index (χ3n) is 3.21. The Kier molecular flexibility index (Phi) is 6.78. The van der Waals surface area contributed by atoms with Crippen LogP contribution in [0, 0.1) is 0 Å². The van der Waals surface area contributed by atoms with Crippen LogP contribution >= 0.6 is 12.4 Å². The van der Waals surface area contributed by atoms with Crippen LogP contribution < -0.4 is 15.4 Å². The largest absolute Gasteiger partial charge is 0.497 e. The van der Waals surface area contributed by atoms with Crippen LogP contribution in [0.15, 0.2) is 24.3 Å². The summed E-state index contributed by atoms with van der Waals surface area (Å²) in [5, 5.41) is 6.12. The number of methoxy groups -OCH3 is 1. The fourth-order valence-electron chi connectivity index (χ4n) is 2.02. The molecule has 2 unspecified atom stereocenters. The second-order valence-corrected chi connectivity index (χ2v) is 4.59. The van der Waals surface area contributed by atoms with Gasteiger partial charge in [-0.2, -0.15) is 0 Å². The Morgan fingerprint density at radius 3 is 2.70 bits per heavy atom. The van der Waals surface area contributed by atoms with Crippen LogP contribution in [0.3, 0.4) is 0 Å². The topological polar surface area (TPSA) is 59.6 Å². The molecule has 0 aliphatic carbocycles. The normalized spacial score (nSPS) is 19.6. The maximum absolute atomic E-state index is 12.0. The molecule has 20 heavy (non-hydrogen) atoms. The van der Waals surface area contributed by atoms with Crippen LogP contribution in [-0.2, 0) is 9.53 Å². The highest BCUT2D eigenvalue weighted by molar-refractivity contribution is 5.85. The molecule has 1 heterocycles. The summed E-state index contributed by atoms with van der Waals surface area (Å²) in [6, 6.07) is 7.39. The lowest BCUT2D eigenvalue weighted by Crippen LogP contribution is -2.51. The minimum Gasteiger partial charge on any atom is -0.497 e. The lowest BCUT2D eigenvalue weighted by molar-refractivity contribution is -0.126. The van der Waals surface area contributed by atoms with E-state index in [4.69, 9.17) is 9.47 Å². The third-order valence-corrected chi connectivity index (χ3v) is 3.21. The number of nitrogens with one attached hydrogen (secondary N) is 2. The summed E-state index contributed by atoms with van der Waals surface area (Å²) in [7, 11) is 1.63. The highest BCUT2D eigenvalue weighted by Crippen LogP contribution is 2.17. The van der Waals surface area contributed by atoms with Crippen molar-refractivity contribution >= 4 is 18.3 Å². The number of morpholine rings is 1. The van der Waals surface area contributed by atoms with Crippen molar-refractivity contribution in [2.75, 3.05) is 26.9 Å². The number of carbonyl (C=O) groups excluding carboxylic acids is 1. The molecule has 1 fully saturated rings. The van der Waals surface area contributed by atoms with E-state index in [0.717, 1.165) is 17.9 Å². The minimum absolute atomic E-state index is 0. The zero-order chi connectivity index (χ0) is 13.7. The van der Waals surface area contributed by atoms with Gasteiger partial charge in [0, 0.05) is 6.54 Å². The number of halogens is 1. The van der Waals surface area contributed by atoms with Crippen LogP contribution in [0.2, 0.25) is 0 Å². The molecule has 0 bridgehead atoms. The van der Waals surface area contributed by atoms with Gasteiger partial charge in [0.25, 0.3) is 0 Å². The molecule has 1 amide bonds. The Balaban J connectivity index is 0.00000200. The predicted molar refractivity (Wildman–Crippen MR) is 79.4 cm³/mol. The van der Waals surface area contributed by atoms with Crippen molar-refractivity contribution in [2.24, 2.45) is 0 Å². The number of benzene rings is 1. The number of rotatable bonds is 4. The van der Waals surface area contributed by atoms with E-state index in [1.807, 2.05) is 31.2 Å². The molecule has 0 saturated carbocycles. The molecule has 6 heteroatoms. The van der Waals surface area contributed by atoms with E-state index in [1.165, 1.54) is 0 Å². The molecule has 1 saturated heterocycles. The molecule has 0 aromatic heterocycles. The van der Waals surface area contributed by atoms with Crippen LogP contribution in [0.1, 0.15) is 18.5 Å². The van der Waals surface area contributed by atoms with Gasteiger partial charge in [0.05, 0.1) is 26.4 Å². The Hall–Kier alpha value is -1.30. The Morgan fingerprint density at radius 2 is 2.15 bits per heavy atom. The zero-order valence-corrected chi connectivity index (χ0v) is 12.5. The summed E-state index contributed by atoms with van der Waals surface area (Å²) >= 11 is 0. The third kappa shape index (κ3) is 4.37. The first-order valence-electron chi connectivity index (χ1n) is 6.46. The van der Waals surface area contributed by atoms with Gasteiger partial charge in [0.1, 0.15) is 11.8 Å². The van der Waals surface area contributed by atoms with Crippen LogP contribution in [-0.4, -0.2) is 38.8 Å². The van der Waals surface area contributed by atoms with Crippen molar-refractivity contribution in [1.82, 2.24) is 10.6 Å². The number of carbonyl (C=O) groups is 1. The monoisotopic (exact) mass is 300 g/mol. The van der Waals surface area contributed by atoms with Gasteiger partial charge in [0.2, 0.25) is 5.91 Å². The van der Waals surface area contributed by atoms with E-state index in [9.17, 15) is 4.79 Å². The average Bonchev–Trinajstić information content (AvgIpc) is 2.48. The minimum atomic E-state index is -0.255. The summed E-state index contributed by atoms with van der Waals surface area (Å²) in [4.78, 5) is 12.0. The van der Waals surface area contributed by atoms with Crippen molar-refractivity contribution < 1.29 is 14.3 Å². The second-order valence-electron chi connectivity index (χ2n) is 4.59. The van der Waals surface area contributed by atoms with Crippen molar-refractivity contribution in [1.29, 1.82) is 0 Å². The number of hydrogen-bond acceptors (Lipinski definition) is 4. The van der Waals surface area contributed by atoms with Crippen LogP contribution in [0.4, 0.5) is 0 Å². The highest BCUT2D eigenvalue weighted by Gasteiger charge is 2.22. The quantitative estimate of drug-likeness (QED) is 0.879. The molecule has 0 spiro atoms. The van der Waals surface area contributed by atoms with Gasteiger partial charge in [0.15, 0.2) is 0 Å². The van der Waals surface area contributed by atoms with E-state index < -0.39 is 0 Å². The lowest BCUT2D eigenvalue weighted by Gasteiger charge is -2.25. The first kappa shape index (κ1) is 16.8. The summed E-state index contributed by atoms with van der Waals surface area (Å²) in [5.41, 5.74) is 1.05. The smallest absolute Gasteiger partial charge is 0.240 e. The molecule has 1 aromatic carbocycles. The van der Waals surface area contributed by atoms with Crippen LogP contribution in [0.25, 0.3) is 0 Å². The second kappa shape index (κ2) is 8.09. The Labute approximate surface area is 125 Å². The van der Waals surface area contributed by atoms with Gasteiger partial charge < -0.3 is 20.1 Å². The number of hydrogen-bond donors (Lipinski definition) is 2. The first-order valence-corrected chi connectivity index (χ1v) is 6.46. The summed E-state index contributed by atoms with van der Waals surface area (Å²) in [6.45, 7) is 3.78. The van der Waals surface area contributed by atoms with Crippen molar-refractivity contribution in [3.8, 4) is 5.75 Å². The van der Waals surface area contributed by atoms with Gasteiger partial charge >= 0.3 is 0 Å². The van der Waals surface area contributed by atoms with E-state index in [-0.39, 0.29) is 30.4 Å². The fraction of sp³-hybridized carbons (Fsp3) is 0.500. The maximum Gasteiger partial charge on any atom is 0.240 e. The SMILES string of the molecule is COc1ccc(C(C)NC(=O)C2COCCN2)cc1.Cl. The number of ether oxygens (including phenoxy) is 2. The summed E-state index contributed by atoms with van der Waals surface area (Å²) in [6.07, 6.45) is 0. The molecule has 1 aromatic rings. The van der Waals surface area contributed by atoms with Gasteiger partial charge in [-0.05, 0) is 24.6 Å². The van der Waals surface area contributed by atoms with E-state index >= 15 is 0 Å². The predicted octanol–water partition coefficient (Wildman–Crippen LogP) is 1.28. The molecule has 2 rings (SSSR count). The summed E-state index contributed by atoms with van der Waals surface area (Å²) < 4.78 is 10.4. The molecule has 112 valence electrons. The van der Waals surface area contributed by atoms with Crippen molar-refractivity contribution in [3.63, 3.8) is 0 Å². The Morgan fingerprint density at radius 1 is 1.45 bits per heavy atom. The molecule has 2 atom stereocenters. The molecular weight excluding hydrogens is 280 g/mol. The molecule has 5 nitrogen and oxygen atoms in total. The zero-order valence-electron chi connectivity index (χ0n) is 11.7. The van der Waals surface area contributed by atoms with Gasteiger partial charge in [-0.15, -0.1) is 12.4 Å². The average molecular weight is 301 g/mol. The van der Waals surface area contributed by atoms with Crippen molar-refractivity contribution in [3.05, 3.63) is 29.8 Å². The standard InChI is InChI=1S/C14H20N2O3.ClH/c1-10(11-3-5-12(18-2)6-4-11)16-14(17)13-9-19-8-7-15-13;/h3-6,10,13,15H,7-9H2,1-2H3,(H,16,17);1H. The fourth-order valence-corrected chi connectivity index (χ4v) is 2.02. The number of amides is 1. The molecule has 1 aliphatic heterocycles. The van der Waals surface area contributed by atoms with Gasteiger partial charge in [-0.1, -0.05) is 12.1 Å². The summed E-state index contributed by atoms with van der Waals surface area (Å²) in [5.74, 6) is 0.785. The van der Waals surface area contributed by atoms with Crippen molar-refractivity contribution in [2.45, 2.75) is 19.0 Å². The molecule has 2 N–H and O–H groups in total. The van der Waals surface area contributed by atoms with Gasteiger partial charge in [-0.3, -0.25) is 4.79 Å².